The van der Waals surface area contributed by atoms with Crippen molar-refractivity contribution in [2.75, 3.05) is 27.2 Å². The van der Waals surface area contributed by atoms with Gasteiger partial charge in [0.15, 0.2) is 0 Å². The maximum Gasteiger partial charge on any atom is 0.261 e. The first-order valence-corrected chi connectivity index (χ1v) is 10.0. The summed E-state index contributed by atoms with van der Waals surface area (Å²) >= 11 is 6.30. The largest absolute Gasteiger partial charge is 0.350 e. The van der Waals surface area contributed by atoms with Crippen LogP contribution in [-0.2, 0) is 4.79 Å². The van der Waals surface area contributed by atoms with Crippen molar-refractivity contribution >= 4 is 29.3 Å². The van der Waals surface area contributed by atoms with Crippen LogP contribution >= 0.6 is 11.6 Å². The summed E-state index contributed by atoms with van der Waals surface area (Å²) in [4.78, 5) is 39.4. The fourth-order valence-electron chi connectivity index (χ4n) is 3.53. The first-order valence-electron chi connectivity index (χ1n) is 9.66. The zero-order valence-electron chi connectivity index (χ0n) is 16.6. The van der Waals surface area contributed by atoms with Gasteiger partial charge in [-0.05, 0) is 24.6 Å². The molecule has 0 radical (unpaired) electrons. The molecule has 2 aromatic rings. The van der Waals surface area contributed by atoms with Gasteiger partial charge in [0.25, 0.3) is 11.8 Å². The van der Waals surface area contributed by atoms with Crippen LogP contribution in [0.1, 0.15) is 45.2 Å². The van der Waals surface area contributed by atoms with Gasteiger partial charge in [0.05, 0.1) is 31.8 Å². The van der Waals surface area contributed by atoms with E-state index < -0.39 is 0 Å². The Morgan fingerprint density at radius 3 is 2.21 bits per heavy atom. The molecule has 2 aromatic carbocycles. The van der Waals surface area contributed by atoms with Gasteiger partial charge in [-0.15, -0.1) is 0 Å². The molecule has 0 fully saturated rings. The smallest absolute Gasteiger partial charge is 0.261 e. The zero-order valence-corrected chi connectivity index (χ0v) is 17.3. The summed E-state index contributed by atoms with van der Waals surface area (Å²) in [5.41, 5.74) is 1.84. The average Bonchev–Trinajstić information content (AvgIpc) is 2.94. The summed E-state index contributed by atoms with van der Waals surface area (Å²) in [6.45, 7) is 0.685. The number of hydrogen-bond acceptors (Lipinski definition) is 3. The molecule has 6 nitrogen and oxygen atoms in total. The van der Waals surface area contributed by atoms with Crippen molar-refractivity contribution in [2.24, 2.45) is 0 Å². The molecule has 0 spiro atoms. The van der Waals surface area contributed by atoms with Gasteiger partial charge >= 0.3 is 0 Å². The second-order valence-corrected chi connectivity index (χ2v) is 7.77. The van der Waals surface area contributed by atoms with Crippen molar-refractivity contribution in [1.29, 1.82) is 0 Å². The van der Waals surface area contributed by atoms with Crippen LogP contribution in [0.5, 0.6) is 0 Å². The lowest BCUT2D eigenvalue weighted by Gasteiger charge is -2.23. The Morgan fingerprint density at radius 2 is 1.62 bits per heavy atom. The number of likely N-dealkylation sites (N-methyl/N-ethyl adjacent to an activating group) is 1. The molecule has 0 saturated carbocycles. The van der Waals surface area contributed by atoms with Crippen molar-refractivity contribution in [3.8, 4) is 0 Å². The number of imide groups is 1. The van der Waals surface area contributed by atoms with E-state index in [1.165, 1.54) is 4.90 Å². The standard InChI is InChI=1S/C22H24ClN3O3/c1-25(2)19(17-10-5-6-11-18(17)23)14-24-20(27)12-7-13-26-21(28)15-8-3-4-9-16(15)22(26)29/h3-6,8-11,19H,7,12-14H2,1-2H3,(H,24,27)/p+1/t19-/m1/s1. The van der Waals surface area contributed by atoms with Crippen molar-refractivity contribution in [1.82, 2.24) is 10.2 Å². The number of benzene rings is 2. The monoisotopic (exact) mass is 414 g/mol. The summed E-state index contributed by atoms with van der Waals surface area (Å²) in [5, 5.41) is 3.63. The molecule has 152 valence electrons. The minimum absolute atomic E-state index is 0.0314. The van der Waals surface area contributed by atoms with E-state index in [1.54, 1.807) is 24.3 Å². The van der Waals surface area contributed by atoms with E-state index in [9.17, 15) is 14.4 Å². The van der Waals surface area contributed by atoms with Crippen molar-refractivity contribution in [3.63, 3.8) is 0 Å². The molecule has 0 saturated heterocycles. The highest BCUT2D eigenvalue weighted by atomic mass is 35.5. The molecule has 1 aliphatic heterocycles. The van der Waals surface area contributed by atoms with Crippen LogP contribution in [0.2, 0.25) is 5.02 Å². The Morgan fingerprint density at radius 1 is 1.03 bits per heavy atom. The quantitative estimate of drug-likeness (QED) is 0.646. The summed E-state index contributed by atoms with van der Waals surface area (Å²) in [6, 6.07) is 14.4. The maximum atomic E-state index is 12.4. The van der Waals surface area contributed by atoms with E-state index in [1.807, 2.05) is 38.4 Å². The van der Waals surface area contributed by atoms with Crippen LogP contribution < -0.4 is 10.2 Å². The fraction of sp³-hybridized carbons (Fsp3) is 0.318. The number of rotatable bonds is 8. The number of halogens is 1. The molecule has 2 N–H and O–H groups in total. The van der Waals surface area contributed by atoms with Gasteiger partial charge in [-0.3, -0.25) is 19.3 Å². The third-order valence-electron chi connectivity index (χ3n) is 5.14. The fourth-order valence-corrected chi connectivity index (χ4v) is 3.79. The Hall–Kier alpha value is -2.70. The topological polar surface area (TPSA) is 70.9 Å². The lowest BCUT2D eigenvalue weighted by Crippen LogP contribution is -3.07. The molecule has 0 bridgehead atoms. The average molecular weight is 415 g/mol. The Kier molecular flexibility index (Phi) is 6.67. The van der Waals surface area contributed by atoms with Gasteiger partial charge in [0.2, 0.25) is 5.91 Å². The second-order valence-electron chi connectivity index (χ2n) is 7.37. The Bertz CT molecular complexity index is 894. The third kappa shape index (κ3) is 4.66. The number of nitrogens with one attached hydrogen (secondary N) is 2. The van der Waals surface area contributed by atoms with Crippen molar-refractivity contribution in [2.45, 2.75) is 18.9 Å². The SMILES string of the molecule is C[NH+](C)[C@H](CNC(=O)CCCN1C(=O)c2ccccc2C1=O)c1ccccc1Cl. The second kappa shape index (κ2) is 9.20. The van der Waals surface area contributed by atoms with Gasteiger partial charge in [-0.25, -0.2) is 0 Å². The van der Waals surface area contributed by atoms with E-state index in [-0.39, 0.29) is 36.7 Å². The number of carbonyl (C=O) groups is 3. The molecular weight excluding hydrogens is 390 g/mol. The summed E-state index contributed by atoms with van der Waals surface area (Å²) in [7, 11) is 4.03. The van der Waals surface area contributed by atoms with Crippen LogP contribution in [0.15, 0.2) is 48.5 Å². The van der Waals surface area contributed by atoms with Gasteiger partial charge in [-0.2, -0.15) is 0 Å². The van der Waals surface area contributed by atoms with Gasteiger partial charge in [0, 0.05) is 23.6 Å². The van der Waals surface area contributed by atoms with Crippen LogP contribution in [0.3, 0.4) is 0 Å². The van der Waals surface area contributed by atoms with E-state index in [4.69, 9.17) is 11.6 Å². The highest BCUT2D eigenvalue weighted by Crippen LogP contribution is 2.23. The summed E-state index contributed by atoms with van der Waals surface area (Å²) in [6.07, 6.45) is 0.661. The summed E-state index contributed by atoms with van der Waals surface area (Å²) in [5.74, 6) is -0.693. The minimum Gasteiger partial charge on any atom is -0.350 e. The minimum atomic E-state index is -0.291. The van der Waals surface area contributed by atoms with Crippen LogP contribution in [0, 0.1) is 0 Å². The number of hydrogen-bond donors (Lipinski definition) is 2. The van der Waals surface area contributed by atoms with E-state index in [0.29, 0.717) is 29.1 Å². The highest BCUT2D eigenvalue weighted by molar-refractivity contribution is 6.31. The first kappa shape index (κ1) is 21.0. The number of carbonyl (C=O) groups excluding carboxylic acids is 3. The molecule has 1 atom stereocenters. The maximum absolute atomic E-state index is 12.4. The number of quaternary nitrogens is 1. The van der Waals surface area contributed by atoms with Crippen LogP contribution in [0.4, 0.5) is 0 Å². The molecule has 7 heteroatoms. The van der Waals surface area contributed by atoms with Gasteiger partial charge in [-0.1, -0.05) is 41.9 Å². The van der Waals surface area contributed by atoms with E-state index in [0.717, 1.165) is 10.5 Å². The van der Waals surface area contributed by atoms with E-state index in [2.05, 4.69) is 5.32 Å². The van der Waals surface area contributed by atoms with Gasteiger partial charge < -0.3 is 10.2 Å². The molecular formula is C22H25ClN3O3+. The van der Waals surface area contributed by atoms with Crippen LogP contribution in [0.25, 0.3) is 0 Å². The van der Waals surface area contributed by atoms with E-state index >= 15 is 0 Å². The zero-order chi connectivity index (χ0) is 21.0. The van der Waals surface area contributed by atoms with Crippen molar-refractivity contribution < 1.29 is 19.3 Å². The van der Waals surface area contributed by atoms with Gasteiger partial charge in [0.1, 0.15) is 6.04 Å². The predicted octanol–water partition coefficient (Wildman–Crippen LogP) is 1.72. The molecule has 3 amide bonds. The number of nitrogens with zero attached hydrogens (tertiary/aromatic N) is 1. The van der Waals surface area contributed by atoms with Crippen LogP contribution in [-0.4, -0.2) is 49.8 Å². The number of amides is 3. The molecule has 0 aromatic heterocycles. The Labute approximate surface area is 175 Å². The normalized spacial score (nSPS) is 14.3. The third-order valence-corrected chi connectivity index (χ3v) is 5.49. The summed E-state index contributed by atoms with van der Waals surface area (Å²) < 4.78 is 0. The molecule has 29 heavy (non-hydrogen) atoms. The number of fused-ring (bicyclic) bond motifs is 1. The molecule has 0 unspecified atom stereocenters. The molecule has 0 aliphatic carbocycles. The Balaban J connectivity index is 1.50. The lowest BCUT2D eigenvalue weighted by molar-refractivity contribution is -0.890. The molecule has 1 heterocycles. The molecule has 3 rings (SSSR count). The van der Waals surface area contributed by atoms with Crippen molar-refractivity contribution in [3.05, 3.63) is 70.2 Å². The lowest BCUT2D eigenvalue weighted by atomic mass is 10.1. The molecule has 1 aliphatic rings. The highest BCUT2D eigenvalue weighted by Gasteiger charge is 2.34. The first-order chi connectivity index (χ1) is 13.9. The predicted molar refractivity (Wildman–Crippen MR) is 111 cm³/mol.